The van der Waals surface area contributed by atoms with Crippen molar-refractivity contribution in [3.8, 4) is 11.3 Å². The second-order valence-electron chi connectivity index (χ2n) is 5.88. The lowest BCUT2D eigenvalue weighted by Crippen LogP contribution is -2.47. The van der Waals surface area contributed by atoms with Crippen LogP contribution in [0.5, 0.6) is 0 Å². The molecule has 24 heavy (non-hydrogen) atoms. The summed E-state index contributed by atoms with van der Waals surface area (Å²) in [5, 5.41) is 5.96. The summed E-state index contributed by atoms with van der Waals surface area (Å²) in [4.78, 5) is 20.8. The van der Waals surface area contributed by atoms with E-state index in [9.17, 15) is 4.79 Å². The first kappa shape index (κ1) is 17.0. The van der Waals surface area contributed by atoms with E-state index in [-0.39, 0.29) is 11.8 Å². The molecule has 1 fully saturated rings. The molecule has 2 aromatic rings. The lowest BCUT2D eigenvalue weighted by atomic mass is 9.92. The molecule has 7 heteroatoms. The molecule has 0 spiro atoms. The van der Waals surface area contributed by atoms with Gasteiger partial charge >= 0.3 is 0 Å². The third kappa shape index (κ3) is 4.37. The second kappa shape index (κ2) is 8.32. The SMILES string of the molecule is NC(C(=O)NCCc1nc(-c2ccncc2)cs1)C1CCOCC1. The number of ether oxygens (including phenoxy) is 1. The molecule has 3 rings (SSSR count). The van der Waals surface area contributed by atoms with E-state index in [1.165, 1.54) is 0 Å². The molecule has 1 aliphatic rings. The highest BCUT2D eigenvalue weighted by atomic mass is 32.1. The minimum atomic E-state index is -0.447. The van der Waals surface area contributed by atoms with Crippen LogP contribution in [-0.2, 0) is 16.0 Å². The number of hydrogen-bond acceptors (Lipinski definition) is 6. The van der Waals surface area contributed by atoms with Gasteiger partial charge in [-0.15, -0.1) is 11.3 Å². The first-order valence-electron chi connectivity index (χ1n) is 8.20. The van der Waals surface area contributed by atoms with Crippen molar-refractivity contribution in [1.82, 2.24) is 15.3 Å². The molecule has 3 heterocycles. The molecule has 0 bridgehead atoms. The van der Waals surface area contributed by atoms with E-state index >= 15 is 0 Å². The van der Waals surface area contributed by atoms with Crippen LogP contribution in [0.25, 0.3) is 11.3 Å². The third-order valence-corrected chi connectivity index (χ3v) is 5.15. The van der Waals surface area contributed by atoms with Gasteiger partial charge in [-0.25, -0.2) is 4.98 Å². The van der Waals surface area contributed by atoms with Gasteiger partial charge in [-0.3, -0.25) is 9.78 Å². The summed E-state index contributed by atoms with van der Waals surface area (Å²) in [7, 11) is 0. The Morgan fingerprint density at radius 3 is 2.88 bits per heavy atom. The Bertz CT molecular complexity index is 656. The molecule has 128 valence electrons. The van der Waals surface area contributed by atoms with Gasteiger partial charge in [0.15, 0.2) is 0 Å². The van der Waals surface area contributed by atoms with E-state index in [0.29, 0.717) is 26.2 Å². The van der Waals surface area contributed by atoms with Crippen LogP contribution in [0.4, 0.5) is 0 Å². The second-order valence-corrected chi connectivity index (χ2v) is 6.82. The lowest BCUT2D eigenvalue weighted by molar-refractivity contribution is -0.124. The van der Waals surface area contributed by atoms with Crippen LogP contribution < -0.4 is 11.1 Å². The predicted molar refractivity (Wildman–Crippen MR) is 93.6 cm³/mol. The van der Waals surface area contributed by atoms with Gasteiger partial charge in [0.05, 0.1) is 16.7 Å². The lowest BCUT2D eigenvalue weighted by Gasteiger charge is -2.26. The zero-order chi connectivity index (χ0) is 16.8. The highest BCUT2D eigenvalue weighted by molar-refractivity contribution is 7.09. The van der Waals surface area contributed by atoms with Crippen molar-refractivity contribution in [2.75, 3.05) is 19.8 Å². The Morgan fingerprint density at radius 2 is 2.12 bits per heavy atom. The van der Waals surface area contributed by atoms with Crippen molar-refractivity contribution in [3.63, 3.8) is 0 Å². The molecule has 0 radical (unpaired) electrons. The number of nitrogens with one attached hydrogen (secondary N) is 1. The van der Waals surface area contributed by atoms with E-state index in [0.717, 1.165) is 29.1 Å². The van der Waals surface area contributed by atoms with Crippen LogP contribution in [0.2, 0.25) is 0 Å². The van der Waals surface area contributed by atoms with E-state index < -0.39 is 6.04 Å². The number of thiazole rings is 1. The van der Waals surface area contributed by atoms with Crippen LogP contribution in [0.3, 0.4) is 0 Å². The van der Waals surface area contributed by atoms with Gasteiger partial charge in [0.1, 0.15) is 0 Å². The van der Waals surface area contributed by atoms with E-state index in [1.54, 1.807) is 23.7 Å². The third-order valence-electron chi connectivity index (χ3n) is 4.24. The number of aromatic nitrogens is 2. The first-order valence-corrected chi connectivity index (χ1v) is 9.08. The summed E-state index contributed by atoms with van der Waals surface area (Å²) in [5.41, 5.74) is 8.07. The summed E-state index contributed by atoms with van der Waals surface area (Å²) in [6.07, 6.45) is 5.94. The Balaban J connectivity index is 1.46. The van der Waals surface area contributed by atoms with Crippen molar-refractivity contribution >= 4 is 17.2 Å². The minimum absolute atomic E-state index is 0.0761. The molecule has 1 amide bonds. The van der Waals surface area contributed by atoms with Crippen LogP contribution in [0.1, 0.15) is 17.8 Å². The number of carbonyl (C=O) groups is 1. The molecule has 1 aliphatic heterocycles. The molecule has 0 aliphatic carbocycles. The van der Waals surface area contributed by atoms with Crippen molar-refractivity contribution in [2.24, 2.45) is 11.7 Å². The smallest absolute Gasteiger partial charge is 0.237 e. The Morgan fingerprint density at radius 1 is 1.38 bits per heavy atom. The van der Waals surface area contributed by atoms with Gasteiger partial charge in [-0.05, 0) is 30.9 Å². The Kier molecular flexibility index (Phi) is 5.90. The Labute approximate surface area is 145 Å². The maximum absolute atomic E-state index is 12.2. The fraction of sp³-hybridized carbons (Fsp3) is 0.471. The van der Waals surface area contributed by atoms with Crippen molar-refractivity contribution in [3.05, 3.63) is 34.9 Å². The highest BCUT2D eigenvalue weighted by Gasteiger charge is 2.26. The Hall–Kier alpha value is -1.83. The number of pyridine rings is 1. The zero-order valence-electron chi connectivity index (χ0n) is 13.5. The molecule has 0 aromatic carbocycles. The van der Waals surface area contributed by atoms with Crippen molar-refractivity contribution < 1.29 is 9.53 Å². The van der Waals surface area contributed by atoms with Gasteiger partial charge in [0, 0.05) is 49.5 Å². The van der Waals surface area contributed by atoms with Gasteiger partial charge < -0.3 is 15.8 Å². The largest absolute Gasteiger partial charge is 0.381 e. The van der Waals surface area contributed by atoms with Gasteiger partial charge in [0.2, 0.25) is 5.91 Å². The fourth-order valence-electron chi connectivity index (χ4n) is 2.78. The van der Waals surface area contributed by atoms with Crippen molar-refractivity contribution in [2.45, 2.75) is 25.3 Å². The maximum atomic E-state index is 12.2. The molecule has 1 saturated heterocycles. The number of rotatable bonds is 6. The monoisotopic (exact) mass is 346 g/mol. The number of nitrogens with zero attached hydrogens (tertiary/aromatic N) is 2. The quantitative estimate of drug-likeness (QED) is 0.829. The van der Waals surface area contributed by atoms with Crippen LogP contribution in [0, 0.1) is 5.92 Å². The standard InChI is InChI=1S/C17H22N4O2S/c18-16(13-4-9-23-10-5-13)17(22)20-8-3-15-21-14(11-24-15)12-1-6-19-7-2-12/h1-2,6-7,11,13,16H,3-5,8-10,18H2,(H,20,22). The molecule has 6 nitrogen and oxygen atoms in total. The minimum Gasteiger partial charge on any atom is -0.381 e. The van der Waals surface area contributed by atoms with Gasteiger partial charge in [-0.1, -0.05) is 0 Å². The van der Waals surface area contributed by atoms with Gasteiger partial charge in [-0.2, -0.15) is 0 Å². The summed E-state index contributed by atoms with van der Waals surface area (Å²) in [6.45, 7) is 1.95. The average molecular weight is 346 g/mol. The molecule has 1 unspecified atom stereocenters. The van der Waals surface area contributed by atoms with Gasteiger partial charge in [0.25, 0.3) is 0 Å². The molecular formula is C17H22N4O2S. The normalized spacial score (nSPS) is 16.7. The van der Waals surface area contributed by atoms with Crippen LogP contribution in [-0.4, -0.2) is 41.7 Å². The predicted octanol–water partition coefficient (Wildman–Crippen LogP) is 1.62. The zero-order valence-corrected chi connectivity index (χ0v) is 14.3. The van der Waals surface area contributed by atoms with Crippen LogP contribution in [0.15, 0.2) is 29.9 Å². The summed E-state index contributed by atoms with van der Waals surface area (Å²) in [6, 6.07) is 3.43. The number of carbonyl (C=O) groups excluding carboxylic acids is 1. The summed E-state index contributed by atoms with van der Waals surface area (Å²) >= 11 is 1.60. The van der Waals surface area contributed by atoms with E-state index in [2.05, 4.69) is 15.3 Å². The molecule has 0 saturated carbocycles. The average Bonchev–Trinajstić information content (AvgIpc) is 3.11. The molecule has 3 N–H and O–H groups in total. The van der Waals surface area contributed by atoms with E-state index in [1.807, 2.05) is 17.5 Å². The molecule has 1 atom stereocenters. The summed E-state index contributed by atoms with van der Waals surface area (Å²) < 4.78 is 5.31. The van der Waals surface area contributed by atoms with Crippen LogP contribution >= 0.6 is 11.3 Å². The topological polar surface area (TPSA) is 90.1 Å². The maximum Gasteiger partial charge on any atom is 0.237 e. The van der Waals surface area contributed by atoms with Crippen molar-refractivity contribution in [1.29, 1.82) is 0 Å². The fourth-order valence-corrected chi connectivity index (χ4v) is 3.59. The highest BCUT2D eigenvalue weighted by Crippen LogP contribution is 2.21. The van der Waals surface area contributed by atoms with E-state index in [4.69, 9.17) is 10.5 Å². The number of hydrogen-bond donors (Lipinski definition) is 2. The first-order chi connectivity index (χ1) is 11.7. The molecular weight excluding hydrogens is 324 g/mol. The molecule has 2 aromatic heterocycles. The summed E-state index contributed by atoms with van der Waals surface area (Å²) in [5.74, 6) is 0.143. The number of amides is 1. The number of nitrogens with two attached hydrogens (primary N) is 1.